The lowest BCUT2D eigenvalue weighted by Gasteiger charge is -2.24. The topological polar surface area (TPSA) is 75.9 Å². The largest absolute Gasteiger partial charge is 0.383 e. The predicted octanol–water partition coefficient (Wildman–Crippen LogP) is 0.711. The average Bonchev–Trinajstić information content (AvgIpc) is 2.51. The van der Waals surface area contributed by atoms with Gasteiger partial charge in [-0.1, -0.05) is 12.1 Å². The number of nitrogens with zero attached hydrogens (tertiary/aromatic N) is 2. The maximum absolute atomic E-state index is 12.2. The Bertz CT molecular complexity index is 500. The second-order valence-electron chi connectivity index (χ2n) is 5.31. The van der Waals surface area contributed by atoms with Crippen molar-refractivity contribution in [2.45, 2.75) is 19.5 Å². The van der Waals surface area contributed by atoms with E-state index in [4.69, 9.17) is 10.5 Å². The van der Waals surface area contributed by atoms with Gasteiger partial charge in [0.2, 0.25) is 5.91 Å². The number of nitrogens with two attached hydrogens (primary N) is 1. The molecular formula is C16H25N3O3. The molecule has 6 heteroatoms. The van der Waals surface area contributed by atoms with Gasteiger partial charge in [-0.15, -0.1) is 0 Å². The highest BCUT2D eigenvalue weighted by atomic mass is 16.5. The van der Waals surface area contributed by atoms with Crippen LogP contribution >= 0.6 is 0 Å². The fourth-order valence-corrected chi connectivity index (χ4v) is 2.06. The molecule has 1 unspecified atom stereocenters. The average molecular weight is 307 g/mol. The van der Waals surface area contributed by atoms with Crippen LogP contribution in [0.15, 0.2) is 24.3 Å². The van der Waals surface area contributed by atoms with Crippen molar-refractivity contribution >= 4 is 11.8 Å². The molecule has 0 saturated carbocycles. The number of carbonyl (C=O) groups is 2. The van der Waals surface area contributed by atoms with Crippen LogP contribution in [-0.2, 0) is 16.1 Å². The number of ether oxygens (including phenoxy) is 1. The fourth-order valence-electron chi connectivity index (χ4n) is 2.06. The highest BCUT2D eigenvalue weighted by Crippen LogP contribution is 2.10. The molecule has 1 atom stereocenters. The van der Waals surface area contributed by atoms with Crippen molar-refractivity contribution in [1.29, 1.82) is 0 Å². The molecule has 0 fully saturated rings. The van der Waals surface area contributed by atoms with Gasteiger partial charge in [0.1, 0.15) is 6.04 Å². The zero-order chi connectivity index (χ0) is 16.7. The van der Waals surface area contributed by atoms with Crippen LogP contribution in [-0.4, -0.2) is 62.0 Å². The summed E-state index contributed by atoms with van der Waals surface area (Å²) in [6.45, 7) is 3.13. The van der Waals surface area contributed by atoms with E-state index in [2.05, 4.69) is 0 Å². The summed E-state index contributed by atoms with van der Waals surface area (Å²) in [5, 5.41) is 0. The van der Waals surface area contributed by atoms with E-state index >= 15 is 0 Å². The molecule has 0 aliphatic carbocycles. The smallest absolute Gasteiger partial charge is 0.253 e. The van der Waals surface area contributed by atoms with Gasteiger partial charge < -0.3 is 20.3 Å². The lowest BCUT2D eigenvalue weighted by molar-refractivity contribution is -0.134. The Balaban J connectivity index is 2.76. The zero-order valence-corrected chi connectivity index (χ0v) is 13.7. The molecule has 22 heavy (non-hydrogen) atoms. The Kier molecular flexibility index (Phi) is 7.01. The van der Waals surface area contributed by atoms with Crippen molar-refractivity contribution in [3.05, 3.63) is 35.4 Å². The molecule has 122 valence electrons. The number of benzene rings is 1. The number of hydrogen-bond acceptors (Lipinski definition) is 4. The summed E-state index contributed by atoms with van der Waals surface area (Å²) in [5.74, 6) is -0.185. The molecule has 0 aliphatic heterocycles. The molecule has 1 rings (SSSR count). The summed E-state index contributed by atoms with van der Waals surface area (Å²) in [6.07, 6.45) is 0. The number of likely N-dealkylation sites (N-methyl/N-ethyl adjacent to an activating group) is 1. The normalized spacial score (nSPS) is 11.9. The zero-order valence-electron chi connectivity index (χ0n) is 13.7. The van der Waals surface area contributed by atoms with Gasteiger partial charge in [-0.3, -0.25) is 9.59 Å². The molecule has 0 radical (unpaired) electrons. The van der Waals surface area contributed by atoms with E-state index in [-0.39, 0.29) is 18.4 Å². The Morgan fingerprint density at radius 3 is 2.27 bits per heavy atom. The van der Waals surface area contributed by atoms with E-state index in [1.54, 1.807) is 31.1 Å². The van der Waals surface area contributed by atoms with Gasteiger partial charge in [-0.2, -0.15) is 0 Å². The van der Waals surface area contributed by atoms with Crippen LogP contribution in [0.25, 0.3) is 0 Å². The summed E-state index contributed by atoms with van der Waals surface area (Å²) in [6, 6.07) is 6.60. The second-order valence-corrected chi connectivity index (χ2v) is 5.31. The first kappa shape index (κ1) is 18.1. The van der Waals surface area contributed by atoms with Gasteiger partial charge in [0.25, 0.3) is 5.91 Å². The molecule has 0 spiro atoms. The van der Waals surface area contributed by atoms with Crippen LogP contribution < -0.4 is 5.73 Å². The molecule has 1 aromatic carbocycles. The Morgan fingerprint density at radius 2 is 1.82 bits per heavy atom. The Hall–Kier alpha value is -1.92. The van der Waals surface area contributed by atoms with E-state index in [0.29, 0.717) is 18.7 Å². The van der Waals surface area contributed by atoms with Crippen molar-refractivity contribution in [3.63, 3.8) is 0 Å². The van der Waals surface area contributed by atoms with Crippen LogP contribution in [0.5, 0.6) is 0 Å². The molecule has 0 aromatic heterocycles. The van der Waals surface area contributed by atoms with Crippen molar-refractivity contribution in [2.24, 2.45) is 5.73 Å². The van der Waals surface area contributed by atoms with Crippen LogP contribution in [0.2, 0.25) is 0 Å². The van der Waals surface area contributed by atoms with E-state index in [0.717, 1.165) is 5.56 Å². The molecular weight excluding hydrogens is 282 g/mol. The first-order valence-corrected chi connectivity index (χ1v) is 7.24. The minimum atomic E-state index is -0.653. The molecule has 0 heterocycles. The van der Waals surface area contributed by atoms with Crippen molar-refractivity contribution in [3.8, 4) is 0 Å². The minimum absolute atomic E-state index is 0.0444. The van der Waals surface area contributed by atoms with Gasteiger partial charge in [0.15, 0.2) is 0 Å². The number of carbonyl (C=O) groups excluding carboxylic acids is 2. The van der Waals surface area contributed by atoms with Gasteiger partial charge in [0, 0.05) is 39.9 Å². The fraction of sp³-hybridized carbons (Fsp3) is 0.500. The third-order valence-electron chi connectivity index (χ3n) is 3.34. The Labute approximate surface area is 131 Å². The van der Waals surface area contributed by atoms with Gasteiger partial charge in [-0.05, 0) is 24.6 Å². The number of amides is 2. The van der Waals surface area contributed by atoms with Crippen LogP contribution in [0.3, 0.4) is 0 Å². The van der Waals surface area contributed by atoms with Crippen LogP contribution in [0.1, 0.15) is 22.8 Å². The summed E-state index contributed by atoms with van der Waals surface area (Å²) in [5.41, 5.74) is 7.37. The summed E-state index contributed by atoms with van der Waals surface area (Å²) in [4.78, 5) is 27.2. The van der Waals surface area contributed by atoms with Gasteiger partial charge in [-0.25, -0.2) is 0 Å². The van der Waals surface area contributed by atoms with Crippen LogP contribution in [0.4, 0.5) is 0 Å². The molecule has 0 bridgehead atoms. The third-order valence-corrected chi connectivity index (χ3v) is 3.34. The highest BCUT2D eigenvalue weighted by molar-refractivity contribution is 5.93. The summed E-state index contributed by atoms with van der Waals surface area (Å²) >= 11 is 0. The minimum Gasteiger partial charge on any atom is -0.383 e. The van der Waals surface area contributed by atoms with E-state index in [1.807, 2.05) is 19.1 Å². The lowest BCUT2D eigenvalue weighted by Crippen LogP contribution is -2.45. The SMILES string of the molecule is CCN(Cc1ccc(C(=O)N(C)C)cc1)C(=O)C(N)COC. The molecule has 6 nitrogen and oxygen atoms in total. The standard InChI is InChI=1S/C16H25N3O3/c1-5-19(16(21)14(17)11-22-4)10-12-6-8-13(9-7-12)15(20)18(2)3/h6-9,14H,5,10-11,17H2,1-4H3. The first-order chi connectivity index (χ1) is 10.4. The molecule has 1 aromatic rings. The van der Waals surface area contributed by atoms with Crippen molar-refractivity contribution in [1.82, 2.24) is 9.80 Å². The Morgan fingerprint density at radius 1 is 1.23 bits per heavy atom. The van der Waals surface area contributed by atoms with E-state index in [1.165, 1.54) is 12.0 Å². The summed E-state index contributed by atoms with van der Waals surface area (Å²) in [7, 11) is 4.94. The molecule has 2 amide bonds. The molecule has 0 aliphatic rings. The first-order valence-electron chi connectivity index (χ1n) is 7.24. The molecule has 2 N–H and O–H groups in total. The summed E-state index contributed by atoms with van der Waals surface area (Å²) < 4.78 is 4.92. The maximum atomic E-state index is 12.2. The number of rotatable bonds is 7. The van der Waals surface area contributed by atoms with Crippen molar-refractivity contribution in [2.75, 3.05) is 34.4 Å². The molecule has 0 saturated heterocycles. The number of methoxy groups -OCH3 is 1. The quantitative estimate of drug-likeness (QED) is 0.805. The maximum Gasteiger partial charge on any atom is 0.253 e. The highest BCUT2D eigenvalue weighted by Gasteiger charge is 2.20. The van der Waals surface area contributed by atoms with Gasteiger partial charge >= 0.3 is 0 Å². The monoisotopic (exact) mass is 307 g/mol. The van der Waals surface area contributed by atoms with Gasteiger partial charge in [0.05, 0.1) is 6.61 Å². The van der Waals surface area contributed by atoms with Crippen molar-refractivity contribution < 1.29 is 14.3 Å². The van der Waals surface area contributed by atoms with E-state index < -0.39 is 6.04 Å². The van der Waals surface area contributed by atoms with Crippen LogP contribution in [0, 0.1) is 0 Å². The number of hydrogen-bond donors (Lipinski definition) is 1. The predicted molar refractivity (Wildman–Crippen MR) is 85.4 cm³/mol. The second kappa shape index (κ2) is 8.51. The third kappa shape index (κ3) is 4.82. The van der Waals surface area contributed by atoms with E-state index in [9.17, 15) is 9.59 Å². The lowest BCUT2D eigenvalue weighted by atomic mass is 10.1.